The minimum absolute atomic E-state index is 0. The van der Waals surface area contributed by atoms with Crippen molar-refractivity contribution in [3.63, 3.8) is 0 Å². The van der Waals surface area contributed by atoms with E-state index in [9.17, 15) is 0 Å². The molecule has 0 bridgehead atoms. The van der Waals surface area contributed by atoms with Crippen LogP contribution in [0.15, 0.2) is 34.0 Å². The molecule has 2 heterocycles. The third-order valence-corrected chi connectivity index (χ3v) is 3.46. The second kappa shape index (κ2) is 8.96. The molecular weight excluding hydrogens is 387 g/mol. The molecule has 2 aromatic rings. The molecule has 2 rings (SSSR count). The van der Waals surface area contributed by atoms with Gasteiger partial charge in [-0.05, 0) is 26.0 Å². The number of aliphatic imine (C=N–C) groups is 1. The fourth-order valence-corrected chi connectivity index (χ4v) is 2.40. The lowest BCUT2D eigenvalue weighted by Crippen LogP contribution is -2.36. The number of nitrogens with zero attached hydrogens (tertiary/aromatic N) is 2. The quantitative estimate of drug-likeness (QED) is 0.456. The standard InChI is InChI=1S/C13H18N4OS.HI/c1-3-14-13(15-8-11-6-7-18-17-11)16-9-12-5-4-10(2)19-12;/h4-7H,3,8-9H2,1-2H3,(H2,14,15,16);1H. The maximum Gasteiger partial charge on any atom is 0.191 e. The lowest BCUT2D eigenvalue weighted by molar-refractivity contribution is 0.412. The van der Waals surface area contributed by atoms with Crippen molar-refractivity contribution in [1.82, 2.24) is 15.8 Å². The first-order valence-electron chi connectivity index (χ1n) is 6.24. The highest BCUT2D eigenvalue weighted by Gasteiger charge is 2.01. The predicted molar refractivity (Wildman–Crippen MR) is 92.6 cm³/mol. The fraction of sp³-hybridized carbons (Fsp3) is 0.385. The SMILES string of the molecule is CCNC(=NCc1ccon1)NCc1ccc(C)s1.I. The van der Waals surface area contributed by atoms with Crippen LogP contribution in [0.3, 0.4) is 0 Å². The van der Waals surface area contributed by atoms with Gasteiger partial charge >= 0.3 is 0 Å². The van der Waals surface area contributed by atoms with Crippen molar-refractivity contribution in [1.29, 1.82) is 0 Å². The van der Waals surface area contributed by atoms with Crippen molar-refractivity contribution in [3.8, 4) is 0 Å². The number of guanidine groups is 1. The van der Waals surface area contributed by atoms with Gasteiger partial charge in [-0.2, -0.15) is 0 Å². The number of halogens is 1. The predicted octanol–water partition coefficient (Wildman–Crippen LogP) is 2.92. The Labute approximate surface area is 139 Å². The second-order valence-corrected chi connectivity index (χ2v) is 5.42. The van der Waals surface area contributed by atoms with Gasteiger partial charge in [0, 0.05) is 22.4 Å². The molecule has 7 heteroatoms. The maximum absolute atomic E-state index is 4.78. The van der Waals surface area contributed by atoms with E-state index in [2.05, 4.69) is 39.8 Å². The highest BCUT2D eigenvalue weighted by molar-refractivity contribution is 14.0. The lowest BCUT2D eigenvalue weighted by atomic mass is 10.4. The van der Waals surface area contributed by atoms with Gasteiger partial charge in [0.15, 0.2) is 5.96 Å². The van der Waals surface area contributed by atoms with Gasteiger partial charge in [0.1, 0.15) is 12.0 Å². The molecule has 0 aliphatic carbocycles. The van der Waals surface area contributed by atoms with Crippen LogP contribution in [0.4, 0.5) is 0 Å². The van der Waals surface area contributed by atoms with E-state index >= 15 is 0 Å². The Bertz CT molecular complexity index is 524. The van der Waals surface area contributed by atoms with Crippen LogP contribution < -0.4 is 10.6 Å². The van der Waals surface area contributed by atoms with E-state index in [4.69, 9.17) is 4.52 Å². The van der Waals surface area contributed by atoms with Gasteiger partial charge in [-0.1, -0.05) is 5.16 Å². The van der Waals surface area contributed by atoms with Crippen LogP contribution in [-0.4, -0.2) is 17.7 Å². The van der Waals surface area contributed by atoms with Crippen LogP contribution in [0.1, 0.15) is 22.4 Å². The molecule has 0 saturated carbocycles. The summed E-state index contributed by atoms with van der Waals surface area (Å²) in [6.07, 6.45) is 1.56. The van der Waals surface area contributed by atoms with Crippen molar-refractivity contribution in [2.24, 2.45) is 4.99 Å². The molecule has 2 N–H and O–H groups in total. The van der Waals surface area contributed by atoms with Crippen LogP contribution in [0.25, 0.3) is 0 Å². The normalized spacial score (nSPS) is 11.0. The van der Waals surface area contributed by atoms with E-state index in [1.54, 1.807) is 17.6 Å². The Kier molecular flexibility index (Phi) is 7.60. The number of aromatic nitrogens is 1. The van der Waals surface area contributed by atoms with E-state index in [0.717, 1.165) is 24.7 Å². The first-order valence-corrected chi connectivity index (χ1v) is 7.06. The molecule has 0 fully saturated rings. The monoisotopic (exact) mass is 406 g/mol. The number of hydrogen-bond acceptors (Lipinski definition) is 4. The lowest BCUT2D eigenvalue weighted by Gasteiger charge is -2.09. The molecule has 0 aromatic carbocycles. The molecule has 0 saturated heterocycles. The van der Waals surface area contributed by atoms with Crippen molar-refractivity contribution in [3.05, 3.63) is 39.9 Å². The number of thiophene rings is 1. The van der Waals surface area contributed by atoms with Gasteiger partial charge in [-0.15, -0.1) is 35.3 Å². The summed E-state index contributed by atoms with van der Waals surface area (Å²) in [5, 5.41) is 10.3. The zero-order chi connectivity index (χ0) is 13.5. The summed E-state index contributed by atoms with van der Waals surface area (Å²) in [6.45, 7) is 6.27. The minimum atomic E-state index is 0. The molecule has 0 amide bonds. The first kappa shape index (κ1) is 17.0. The Morgan fingerprint density at radius 1 is 1.35 bits per heavy atom. The van der Waals surface area contributed by atoms with Crippen molar-refractivity contribution < 1.29 is 4.52 Å². The molecule has 110 valence electrons. The van der Waals surface area contributed by atoms with Gasteiger partial charge in [0.2, 0.25) is 0 Å². The summed E-state index contributed by atoms with van der Waals surface area (Å²) in [6, 6.07) is 6.07. The Morgan fingerprint density at radius 2 is 2.20 bits per heavy atom. The number of rotatable bonds is 5. The molecule has 20 heavy (non-hydrogen) atoms. The Morgan fingerprint density at radius 3 is 2.80 bits per heavy atom. The van der Waals surface area contributed by atoms with E-state index in [0.29, 0.717) is 6.54 Å². The summed E-state index contributed by atoms with van der Waals surface area (Å²) >= 11 is 1.79. The van der Waals surface area contributed by atoms with E-state index in [-0.39, 0.29) is 24.0 Å². The van der Waals surface area contributed by atoms with Crippen molar-refractivity contribution in [2.45, 2.75) is 26.9 Å². The molecular formula is C13H19IN4OS. The Hall–Kier alpha value is -1.09. The molecule has 0 spiro atoms. The minimum Gasteiger partial charge on any atom is -0.364 e. The van der Waals surface area contributed by atoms with E-state index in [1.165, 1.54) is 9.75 Å². The first-order chi connectivity index (χ1) is 9.28. The molecule has 0 unspecified atom stereocenters. The summed E-state index contributed by atoms with van der Waals surface area (Å²) in [5.41, 5.74) is 0.823. The van der Waals surface area contributed by atoms with Gasteiger partial charge in [0.25, 0.3) is 0 Å². The van der Waals surface area contributed by atoms with Crippen LogP contribution in [0, 0.1) is 6.92 Å². The topological polar surface area (TPSA) is 62.5 Å². The zero-order valence-electron chi connectivity index (χ0n) is 11.5. The molecule has 0 aliphatic rings. The summed E-state index contributed by atoms with van der Waals surface area (Å²) < 4.78 is 4.78. The molecule has 0 radical (unpaired) electrons. The van der Waals surface area contributed by atoms with Gasteiger partial charge < -0.3 is 15.2 Å². The van der Waals surface area contributed by atoms with Crippen LogP contribution in [0.2, 0.25) is 0 Å². The van der Waals surface area contributed by atoms with E-state index < -0.39 is 0 Å². The molecule has 5 nitrogen and oxygen atoms in total. The van der Waals surface area contributed by atoms with Crippen molar-refractivity contribution in [2.75, 3.05) is 6.54 Å². The van der Waals surface area contributed by atoms with E-state index in [1.807, 2.05) is 13.0 Å². The third kappa shape index (κ3) is 5.49. The van der Waals surface area contributed by atoms with Crippen LogP contribution in [0.5, 0.6) is 0 Å². The number of nitrogens with one attached hydrogen (secondary N) is 2. The smallest absolute Gasteiger partial charge is 0.191 e. The van der Waals surface area contributed by atoms with Gasteiger partial charge in [0.05, 0.1) is 13.1 Å². The Balaban J connectivity index is 0.00000200. The highest BCUT2D eigenvalue weighted by Crippen LogP contribution is 2.14. The summed E-state index contributed by atoms with van der Waals surface area (Å²) in [7, 11) is 0. The van der Waals surface area contributed by atoms with Crippen molar-refractivity contribution >= 4 is 41.3 Å². The highest BCUT2D eigenvalue weighted by atomic mass is 127. The molecule has 0 aliphatic heterocycles. The zero-order valence-corrected chi connectivity index (χ0v) is 14.7. The summed E-state index contributed by atoms with van der Waals surface area (Å²) in [5.74, 6) is 0.788. The third-order valence-electron chi connectivity index (χ3n) is 2.46. The van der Waals surface area contributed by atoms with Crippen LogP contribution in [-0.2, 0) is 13.1 Å². The fourth-order valence-electron chi connectivity index (χ4n) is 1.57. The average Bonchev–Trinajstić information content (AvgIpc) is 3.04. The number of aryl methyl sites for hydroxylation is 1. The van der Waals surface area contributed by atoms with Gasteiger partial charge in [-0.25, -0.2) is 4.99 Å². The maximum atomic E-state index is 4.78. The molecule has 2 aromatic heterocycles. The van der Waals surface area contributed by atoms with Crippen LogP contribution >= 0.6 is 35.3 Å². The number of hydrogen-bond donors (Lipinski definition) is 2. The average molecular weight is 406 g/mol. The largest absolute Gasteiger partial charge is 0.364 e. The second-order valence-electron chi connectivity index (χ2n) is 4.05. The van der Waals surface area contributed by atoms with Gasteiger partial charge in [-0.3, -0.25) is 0 Å². The molecule has 0 atom stereocenters. The summed E-state index contributed by atoms with van der Waals surface area (Å²) in [4.78, 5) is 7.07.